The van der Waals surface area contributed by atoms with Crippen LogP contribution in [0.1, 0.15) is 5.56 Å². The SMILES string of the molecule is Cn1c(N)c(NCc2ccsc2)c(=O)[nH]c1=O. The average molecular weight is 252 g/mol. The third-order valence-electron chi connectivity index (χ3n) is 2.42. The molecule has 6 nitrogen and oxygen atoms in total. The average Bonchev–Trinajstić information content (AvgIpc) is 2.79. The van der Waals surface area contributed by atoms with Crippen LogP contribution in [0.3, 0.4) is 0 Å². The summed E-state index contributed by atoms with van der Waals surface area (Å²) in [7, 11) is 1.50. The molecule has 0 radical (unpaired) electrons. The van der Waals surface area contributed by atoms with E-state index in [0.717, 1.165) is 5.56 Å². The number of thiophene rings is 1. The highest BCUT2D eigenvalue weighted by Gasteiger charge is 2.09. The highest BCUT2D eigenvalue weighted by molar-refractivity contribution is 7.07. The van der Waals surface area contributed by atoms with E-state index in [9.17, 15) is 9.59 Å². The number of H-pyrrole nitrogens is 1. The molecule has 17 heavy (non-hydrogen) atoms. The first-order chi connectivity index (χ1) is 8.09. The predicted octanol–water partition coefficient (Wildman–Crippen LogP) is 0.329. The van der Waals surface area contributed by atoms with Crippen LogP contribution < -0.4 is 22.3 Å². The van der Waals surface area contributed by atoms with E-state index in [1.54, 1.807) is 11.3 Å². The molecule has 2 aromatic heterocycles. The molecule has 7 heteroatoms. The summed E-state index contributed by atoms with van der Waals surface area (Å²) in [5, 5.41) is 6.85. The van der Waals surface area contributed by atoms with Gasteiger partial charge in [0.2, 0.25) is 0 Å². The number of hydrogen-bond donors (Lipinski definition) is 3. The third kappa shape index (κ3) is 2.23. The lowest BCUT2D eigenvalue weighted by atomic mass is 10.3. The molecule has 2 rings (SSSR count). The fourth-order valence-electron chi connectivity index (χ4n) is 1.39. The molecule has 90 valence electrons. The zero-order valence-electron chi connectivity index (χ0n) is 9.19. The van der Waals surface area contributed by atoms with E-state index >= 15 is 0 Å². The lowest BCUT2D eigenvalue weighted by molar-refractivity contribution is 0.812. The van der Waals surface area contributed by atoms with Gasteiger partial charge in [-0.05, 0) is 22.4 Å². The molecule has 2 heterocycles. The maximum atomic E-state index is 11.6. The van der Waals surface area contributed by atoms with Gasteiger partial charge in [0, 0.05) is 13.6 Å². The Kier molecular flexibility index (Phi) is 3.01. The monoisotopic (exact) mass is 252 g/mol. The number of nitrogen functional groups attached to an aromatic ring is 1. The normalized spacial score (nSPS) is 10.4. The van der Waals surface area contributed by atoms with Crippen LogP contribution in [-0.4, -0.2) is 9.55 Å². The molecule has 0 saturated heterocycles. The van der Waals surface area contributed by atoms with Crippen LogP contribution in [0.4, 0.5) is 11.5 Å². The van der Waals surface area contributed by atoms with Gasteiger partial charge in [0.15, 0.2) is 0 Å². The smallest absolute Gasteiger partial charge is 0.329 e. The second-order valence-corrected chi connectivity index (χ2v) is 4.34. The van der Waals surface area contributed by atoms with Gasteiger partial charge in [-0.3, -0.25) is 14.3 Å². The van der Waals surface area contributed by atoms with E-state index in [1.807, 2.05) is 16.8 Å². The third-order valence-corrected chi connectivity index (χ3v) is 3.15. The van der Waals surface area contributed by atoms with E-state index in [2.05, 4.69) is 10.3 Å². The summed E-state index contributed by atoms with van der Waals surface area (Å²) >= 11 is 1.58. The Morgan fingerprint density at radius 3 is 2.94 bits per heavy atom. The van der Waals surface area contributed by atoms with E-state index in [0.29, 0.717) is 6.54 Å². The Balaban J connectivity index is 2.30. The molecule has 2 aromatic rings. The largest absolute Gasteiger partial charge is 0.383 e. The van der Waals surface area contributed by atoms with Crippen molar-refractivity contribution in [2.24, 2.45) is 7.05 Å². The second kappa shape index (κ2) is 4.46. The Bertz CT molecular complexity index is 627. The topological polar surface area (TPSA) is 92.9 Å². The minimum Gasteiger partial charge on any atom is -0.383 e. The van der Waals surface area contributed by atoms with Crippen molar-refractivity contribution < 1.29 is 0 Å². The Morgan fingerprint density at radius 1 is 1.53 bits per heavy atom. The van der Waals surface area contributed by atoms with E-state index in [4.69, 9.17) is 5.73 Å². The molecule has 4 N–H and O–H groups in total. The van der Waals surface area contributed by atoms with Crippen molar-refractivity contribution in [3.63, 3.8) is 0 Å². The van der Waals surface area contributed by atoms with Crippen molar-refractivity contribution in [3.05, 3.63) is 43.2 Å². The maximum absolute atomic E-state index is 11.6. The molecule has 0 unspecified atom stereocenters. The van der Waals surface area contributed by atoms with Gasteiger partial charge in [-0.15, -0.1) is 0 Å². The number of rotatable bonds is 3. The molecule has 0 aliphatic carbocycles. The number of aromatic nitrogens is 2. The number of nitrogens with two attached hydrogens (primary N) is 1. The zero-order chi connectivity index (χ0) is 12.4. The first-order valence-corrected chi connectivity index (χ1v) is 5.87. The van der Waals surface area contributed by atoms with Crippen molar-refractivity contribution in [1.82, 2.24) is 9.55 Å². The van der Waals surface area contributed by atoms with Gasteiger partial charge in [-0.25, -0.2) is 4.79 Å². The first kappa shape index (κ1) is 11.5. The molecule has 0 bridgehead atoms. The Morgan fingerprint density at radius 2 is 2.29 bits per heavy atom. The van der Waals surface area contributed by atoms with Crippen molar-refractivity contribution in [3.8, 4) is 0 Å². The van der Waals surface area contributed by atoms with Crippen LogP contribution in [0.15, 0.2) is 26.4 Å². The van der Waals surface area contributed by atoms with Crippen LogP contribution in [-0.2, 0) is 13.6 Å². The van der Waals surface area contributed by atoms with Crippen LogP contribution in [0, 0.1) is 0 Å². The quantitative estimate of drug-likeness (QED) is 0.734. The molecular weight excluding hydrogens is 240 g/mol. The second-order valence-electron chi connectivity index (χ2n) is 3.56. The van der Waals surface area contributed by atoms with Crippen LogP contribution in [0.5, 0.6) is 0 Å². The summed E-state index contributed by atoms with van der Waals surface area (Å²) in [5.41, 5.74) is 5.97. The summed E-state index contributed by atoms with van der Waals surface area (Å²) in [5.74, 6) is 0.133. The summed E-state index contributed by atoms with van der Waals surface area (Å²) in [6, 6.07) is 1.95. The lowest BCUT2D eigenvalue weighted by Gasteiger charge is -2.09. The molecule has 0 aliphatic heterocycles. The Labute approximate surface area is 101 Å². The van der Waals surface area contributed by atoms with E-state index in [-0.39, 0.29) is 11.5 Å². The summed E-state index contributed by atoms with van der Waals surface area (Å²) in [6.07, 6.45) is 0. The van der Waals surface area contributed by atoms with E-state index < -0.39 is 11.2 Å². The fourth-order valence-corrected chi connectivity index (χ4v) is 2.06. The summed E-state index contributed by atoms with van der Waals surface area (Å²) in [4.78, 5) is 25.0. The number of anilines is 2. The van der Waals surface area contributed by atoms with Crippen LogP contribution >= 0.6 is 11.3 Å². The van der Waals surface area contributed by atoms with Crippen molar-refractivity contribution in [2.75, 3.05) is 11.1 Å². The lowest BCUT2D eigenvalue weighted by Crippen LogP contribution is -2.32. The molecule has 0 amide bonds. The van der Waals surface area contributed by atoms with Gasteiger partial charge in [-0.2, -0.15) is 11.3 Å². The Hall–Kier alpha value is -2.02. The highest BCUT2D eigenvalue weighted by atomic mass is 32.1. The molecule has 0 saturated carbocycles. The number of aromatic amines is 1. The minimum atomic E-state index is -0.520. The zero-order valence-corrected chi connectivity index (χ0v) is 10.0. The molecule has 0 aromatic carbocycles. The van der Waals surface area contributed by atoms with Gasteiger partial charge in [0.25, 0.3) is 5.56 Å². The summed E-state index contributed by atoms with van der Waals surface area (Å²) < 4.78 is 1.19. The van der Waals surface area contributed by atoms with Crippen molar-refractivity contribution >= 4 is 22.8 Å². The number of nitrogens with one attached hydrogen (secondary N) is 2. The predicted molar refractivity (Wildman–Crippen MR) is 68.4 cm³/mol. The van der Waals surface area contributed by atoms with Crippen LogP contribution in [0.2, 0.25) is 0 Å². The van der Waals surface area contributed by atoms with Crippen molar-refractivity contribution in [2.45, 2.75) is 6.54 Å². The molecule has 0 fully saturated rings. The first-order valence-electron chi connectivity index (χ1n) is 4.93. The van der Waals surface area contributed by atoms with Gasteiger partial charge < -0.3 is 11.1 Å². The number of nitrogens with zero attached hydrogens (tertiary/aromatic N) is 1. The molecule has 0 spiro atoms. The number of hydrogen-bond acceptors (Lipinski definition) is 5. The van der Waals surface area contributed by atoms with Crippen molar-refractivity contribution in [1.29, 1.82) is 0 Å². The highest BCUT2D eigenvalue weighted by Crippen LogP contribution is 2.12. The maximum Gasteiger partial charge on any atom is 0.329 e. The van der Waals surface area contributed by atoms with Gasteiger partial charge >= 0.3 is 5.69 Å². The fraction of sp³-hybridized carbons (Fsp3) is 0.200. The minimum absolute atomic E-state index is 0.133. The molecule has 0 aliphatic rings. The molecule has 0 atom stereocenters. The van der Waals surface area contributed by atoms with E-state index in [1.165, 1.54) is 11.6 Å². The van der Waals surface area contributed by atoms with Gasteiger partial charge in [-0.1, -0.05) is 0 Å². The molecular formula is C10H12N4O2S. The van der Waals surface area contributed by atoms with Crippen LogP contribution in [0.25, 0.3) is 0 Å². The van der Waals surface area contributed by atoms with Gasteiger partial charge in [0.05, 0.1) is 0 Å². The summed E-state index contributed by atoms with van der Waals surface area (Å²) in [6.45, 7) is 0.495. The standard InChI is InChI=1S/C10H12N4O2S/c1-14-8(11)7(9(15)13-10(14)16)12-4-6-2-3-17-5-6/h2-3,5,12H,4,11H2,1H3,(H,13,15,16). The van der Waals surface area contributed by atoms with Gasteiger partial charge in [0.1, 0.15) is 11.5 Å².